The standard InChI is InChI=1S/C11H17N/c1-7-4-5-10-8(2)9(3)12-11(10)6-7/h7,12H,4-6H2,1-3H3. The zero-order valence-corrected chi connectivity index (χ0v) is 8.20. The number of aromatic amines is 1. The average molecular weight is 163 g/mol. The van der Waals surface area contributed by atoms with Gasteiger partial charge in [-0.3, -0.25) is 0 Å². The summed E-state index contributed by atoms with van der Waals surface area (Å²) in [5.41, 5.74) is 5.97. The van der Waals surface area contributed by atoms with E-state index in [4.69, 9.17) is 0 Å². The second kappa shape index (κ2) is 2.65. The molecule has 0 bridgehead atoms. The van der Waals surface area contributed by atoms with Gasteiger partial charge in [-0.15, -0.1) is 0 Å². The Morgan fingerprint density at radius 2 is 2.08 bits per heavy atom. The summed E-state index contributed by atoms with van der Waals surface area (Å²) < 4.78 is 0. The molecule has 1 atom stereocenters. The molecule has 1 nitrogen and oxygen atoms in total. The van der Waals surface area contributed by atoms with Crippen LogP contribution in [0.2, 0.25) is 0 Å². The van der Waals surface area contributed by atoms with Crippen LogP contribution in [-0.2, 0) is 12.8 Å². The molecular weight excluding hydrogens is 146 g/mol. The zero-order chi connectivity index (χ0) is 8.72. The van der Waals surface area contributed by atoms with Crippen LogP contribution in [0.15, 0.2) is 0 Å². The van der Waals surface area contributed by atoms with Crippen LogP contribution in [0.25, 0.3) is 0 Å². The number of hydrogen-bond donors (Lipinski definition) is 1. The highest BCUT2D eigenvalue weighted by Crippen LogP contribution is 2.28. The van der Waals surface area contributed by atoms with Gasteiger partial charge < -0.3 is 4.98 Å². The average Bonchev–Trinajstić information content (AvgIpc) is 2.28. The highest BCUT2D eigenvalue weighted by molar-refractivity contribution is 5.37. The highest BCUT2D eigenvalue weighted by Gasteiger charge is 2.19. The van der Waals surface area contributed by atoms with E-state index in [9.17, 15) is 0 Å². The molecule has 1 heterocycles. The van der Waals surface area contributed by atoms with Gasteiger partial charge in [-0.05, 0) is 50.2 Å². The zero-order valence-electron chi connectivity index (χ0n) is 8.20. The topological polar surface area (TPSA) is 15.8 Å². The van der Waals surface area contributed by atoms with Crippen molar-refractivity contribution >= 4 is 0 Å². The number of fused-ring (bicyclic) bond motifs is 1. The van der Waals surface area contributed by atoms with Crippen molar-refractivity contribution in [1.29, 1.82) is 0 Å². The van der Waals surface area contributed by atoms with E-state index in [0.717, 1.165) is 5.92 Å². The fraction of sp³-hybridized carbons (Fsp3) is 0.636. The van der Waals surface area contributed by atoms with Crippen LogP contribution in [0.5, 0.6) is 0 Å². The van der Waals surface area contributed by atoms with Crippen molar-refractivity contribution in [3.63, 3.8) is 0 Å². The normalized spacial score (nSPS) is 22.4. The monoisotopic (exact) mass is 163 g/mol. The van der Waals surface area contributed by atoms with Crippen LogP contribution in [0.3, 0.4) is 0 Å². The molecule has 1 heteroatoms. The van der Waals surface area contributed by atoms with Gasteiger partial charge in [0.05, 0.1) is 0 Å². The van der Waals surface area contributed by atoms with Gasteiger partial charge in [-0.25, -0.2) is 0 Å². The maximum absolute atomic E-state index is 3.50. The van der Waals surface area contributed by atoms with Crippen molar-refractivity contribution in [3.8, 4) is 0 Å². The summed E-state index contributed by atoms with van der Waals surface area (Å²) in [4.78, 5) is 3.50. The van der Waals surface area contributed by atoms with Crippen molar-refractivity contribution in [2.24, 2.45) is 5.92 Å². The molecule has 1 aromatic heterocycles. The second-order valence-electron chi connectivity index (χ2n) is 4.18. The largest absolute Gasteiger partial charge is 0.362 e. The van der Waals surface area contributed by atoms with E-state index in [1.165, 1.54) is 36.2 Å². The van der Waals surface area contributed by atoms with E-state index in [1.807, 2.05) is 0 Å². The van der Waals surface area contributed by atoms with Crippen molar-refractivity contribution < 1.29 is 0 Å². The third kappa shape index (κ3) is 1.08. The van der Waals surface area contributed by atoms with E-state index in [1.54, 1.807) is 5.56 Å². The third-order valence-electron chi connectivity index (χ3n) is 3.16. The van der Waals surface area contributed by atoms with Gasteiger partial charge in [0.2, 0.25) is 0 Å². The minimum atomic E-state index is 0.870. The molecule has 0 aliphatic heterocycles. The third-order valence-corrected chi connectivity index (χ3v) is 3.16. The van der Waals surface area contributed by atoms with Gasteiger partial charge in [0.15, 0.2) is 0 Å². The molecule has 0 radical (unpaired) electrons. The van der Waals surface area contributed by atoms with Crippen molar-refractivity contribution in [2.45, 2.75) is 40.0 Å². The number of hydrogen-bond acceptors (Lipinski definition) is 0. The predicted octanol–water partition coefficient (Wildman–Crippen LogP) is 2.76. The summed E-state index contributed by atoms with van der Waals surface area (Å²) in [7, 11) is 0. The molecule has 0 amide bonds. The van der Waals surface area contributed by atoms with Gasteiger partial charge in [-0.1, -0.05) is 6.92 Å². The lowest BCUT2D eigenvalue weighted by molar-refractivity contribution is 0.495. The highest BCUT2D eigenvalue weighted by atomic mass is 14.7. The Labute approximate surface area is 74.2 Å². The summed E-state index contributed by atoms with van der Waals surface area (Å²) in [6, 6.07) is 0. The quantitative estimate of drug-likeness (QED) is 0.605. The summed E-state index contributed by atoms with van der Waals surface area (Å²) >= 11 is 0. The Morgan fingerprint density at radius 3 is 2.83 bits per heavy atom. The van der Waals surface area contributed by atoms with Crippen LogP contribution >= 0.6 is 0 Å². The first-order valence-electron chi connectivity index (χ1n) is 4.85. The number of aromatic nitrogens is 1. The molecule has 0 fully saturated rings. The Morgan fingerprint density at radius 1 is 1.33 bits per heavy atom. The molecule has 66 valence electrons. The fourth-order valence-corrected chi connectivity index (χ4v) is 2.20. The first-order valence-corrected chi connectivity index (χ1v) is 4.85. The smallest absolute Gasteiger partial charge is 0.0187 e. The SMILES string of the molecule is Cc1[nH]c2c(c1C)CCC(C)C2. The molecule has 0 aromatic carbocycles. The first kappa shape index (κ1) is 7.90. The molecule has 1 aliphatic carbocycles. The predicted molar refractivity (Wildman–Crippen MR) is 51.5 cm³/mol. The maximum atomic E-state index is 3.50. The fourth-order valence-electron chi connectivity index (χ4n) is 2.20. The lowest BCUT2D eigenvalue weighted by Gasteiger charge is -2.18. The minimum Gasteiger partial charge on any atom is -0.362 e. The molecular formula is C11H17N. The molecule has 1 N–H and O–H groups in total. The van der Waals surface area contributed by atoms with Gasteiger partial charge >= 0.3 is 0 Å². The Balaban J connectivity index is 2.43. The van der Waals surface area contributed by atoms with Crippen molar-refractivity contribution in [1.82, 2.24) is 4.98 Å². The second-order valence-corrected chi connectivity index (χ2v) is 4.18. The van der Waals surface area contributed by atoms with E-state index in [2.05, 4.69) is 25.8 Å². The van der Waals surface area contributed by atoms with Crippen LogP contribution in [-0.4, -0.2) is 4.98 Å². The van der Waals surface area contributed by atoms with Gasteiger partial charge in [0.1, 0.15) is 0 Å². The lowest BCUT2D eigenvalue weighted by Crippen LogP contribution is -2.10. The van der Waals surface area contributed by atoms with Crippen LogP contribution in [0.1, 0.15) is 35.9 Å². The molecule has 0 saturated carbocycles. The molecule has 1 aliphatic rings. The Kier molecular flexibility index (Phi) is 1.75. The number of aryl methyl sites for hydroxylation is 1. The van der Waals surface area contributed by atoms with E-state index in [0.29, 0.717) is 0 Å². The van der Waals surface area contributed by atoms with E-state index < -0.39 is 0 Å². The summed E-state index contributed by atoms with van der Waals surface area (Å²) in [6.45, 7) is 6.76. The minimum absolute atomic E-state index is 0.870. The maximum Gasteiger partial charge on any atom is 0.0187 e. The van der Waals surface area contributed by atoms with Crippen LogP contribution in [0.4, 0.5) is 0 Å². The number of nitrogens with one attached hydrogen (secondary N) is 1. The molecule has 0 saturated heterocycles. The Bertz CT molecular complexity index is 296. The summed E-state index contributed by atoms with van der Waals surface area (Å²) in [5, 5.41) is 0. The lowest BCUT2D eigenvalue weighted by atomic mass is 9.88. The van der Waals surface area contributed by atoms with Crippen LogP contribution < -0.4 is 0 Å². The summed E-state index contributed by atoms with van der Waals surface area (Å²) in [5.74, 6) is 0.870. The molecule has 12 heavy (non-hydrogen) atoms. The first-order chi connectivity index (χ1) is 5.68. The van der Waals surface area contributed by atoms with E-state index in [-0.39, 0.29) is 0 Å². The molecule has 2 rings (SSSR count). The van der Waals surface area contributed by atoms with Crippen LogP contribution in [0, 0.1) is 19.8 Å². The van der Waals surface area contributed by atoms with Gasteiger partial charge in [-0.2, -0.15) is 0 Å². The number of H-pyrrole nitrogens is 1. The van der Waals surface area contributed by atoms with Gasteiger partial charge in [0, 0.05) is 11.4 Å². The molecule has 0 spiro atoms. The Hall–Kier alpha value is -0.720. The van der Waals surface area contributed by atoms with Gasteiger partial charge in [0.25, 0.3) is 0 Å². The molecule has 1 aromatic rings. The van der Waals surface area contributed by atoms with Crippen molar-refractivity contribution in [2.75, 3.05) is 0 Å². The number of rotatable bonds is 0. The van der Waals surface area contributed by atoms with E-state index >= 15 is 0 Å². The van der Waals surface area contributed by atoms with Crippen molar-refractivity contribution in [3.05, 3.63) is 22.5 Å². The summed E-state index contributed by atoms with van der Waals surface area (Å²) in [6.07, 6.45) is 3.90. The molecule has 1 unspecified atom stereocenters.